The summed E-state index contributed by atoms with van der Waals surface area (Å²) in [5.74, 6) is 0. The fraction of sp³-hybridized carbons (Fsp3) is 0. The van der Waals surface area contributed by atoms with Crippen LogP contribution in [0.1, 0.15) is 0 Å². The van der Waals surface area contributed by atoms with E-state index in [0.717, 1.165) is 0 Å². The third-order valence-corrected chi connectivity index (χ3v) is 2.86. The Balaban J connectivity index is 3.64. The number of nitrogens with zero attached hydrogens (tertiary/aromatic N) is 2. The molecule has 0 aliphatic heterocycles. The van der Waals surface area contributed by atoms with Crippen LogP contribution in [0.25, 0.3) is 12.4 Å². The van der Waals surface area contributed by atoms with Crippen LogP contribution in [-0.2, 0) is 0 Å². The molecule has 0 fully saturated rings. The smallest absolute Gasteiger partial charge is 0.189 e. The number of thiol groups is 2. The van der Waals surface area contributed by atoms with E-state index in [1.807, 2.05) is 0 Å². The Bertz CT molecular complexity index is 352. The van der Waals surface area contributed by atoms with Crippen molar-refractivity contribution in [2.75, 3.05) is 0 Å². The summed E-state index contributed by atoms with van der Waals surface area (Å²) in [6.45, 7) is 7.21. The third kappa shape index (κ3) is 1.28. The van der Waals surface area contributed by atoms with Crippen molar-refractivity contribution < 1.29 is 0 Å². The van der Waals surface area contributed by atoms with Crippen LogP contribution in [0.2, 0.25) is 0 Å². The molecule has 64 valence electrons. The highest BCUT2D eigenvalue weighted by molar-refractivity contribution is 7.83. The SMILES string of the molecule is C=Cn1c(S)c(S)n(C=C)c1=S. The first kappa shape index (κ1) is 9.70. The molecule has 1 rings (SSSR count). The molecule has 1 aromatic heterocycles. The average Bonchev–Trinajstić information content (AvgIpc) is 2.25. The Morgan fingerprint density at radius 3 is 1.58 bits per heavy atom. The standard InChI is InChI=1S/C7H8N2S3/c1-3-8-5(10)6(11)9(4-2)7(8)12/h3-4,10-11H,1-2H2. The predicted molar refractivity (Wildman–Crippen MR) is 60.5 cm³/mol. The zero-order valence-electron chi connectivity index (χ0n) is 6.27. The van der Waals surface area contributed by atoms with Crippen LogP contribution in [-0.4, -0.2) is 9.13 Å². The van der Waals surface area contributed by atoms with Gasteiger partial charge in [-0.1, -0.05) is 13.2 Å². The topological polar surface area (TPSA) is 9.86 Å². The van der Waals surface area contributed by atoms with Gasteiger partial charge in [-0.2, -0.15) is 0 Å². The van der Waals surface area contributed by atoms with E-state index in [4.69, 9.17) is 12.2 Å². The fourth-order valence-corrected chi connectivity index (χ4v) is 1.88. The van der Waals surface area contributed by atoms with Crippen molar-refractivity contribution in [3.05, 3.63) is 17.9 Å². The van der Waals surface area contributed by atoms with Crippen LogP contribution in [0.5, 0.6) is 0 Å². The summed E-state index contributed by atoms with van der Waals surface area (Å²) in [6, 6.07) is 0. The Labute approximate surface area is 87.0 Å². The van der Waals surface area contributed by atoms with Crippen molar-refractivity contribution >= 4 is 49.9 Å². The molecule has 2 nitrogen and oxygen atoms in total. The maximum Gasteiger partial charge on any atom is 0.189 e. The molecule has 0 amide bonds. The van der Waals surface area contributed by atoms with Crippen LogP contribution in [0, 0.1) is 4.77 Å². The molecular weight excluding hydrogens is 208 g/mol. The average molecular weight is 216 g/mol. The molecule has 0 N–H and O–H groups in total. The lowest BCUT2D eigenvalue weighted by Gasteiger charge is -1.92. The second-order valence-electron chi connectivity index (χ2n) is 2.03. The second kappa shape index (κ2) is 3.55. The number of rotatable bonds is 2. The van der Waals surface area contributed by atoms with E-state index in [1.165, 1.54) is 0 Å². The summed E-state index contributed by atoms with van der Waals surface area (Å²) < 4.78 is 3.88. The molecule has 0 radical (unpaired) electrons. The maximum atomic E-state index is 5.08. The Morgan fingerprint density at radius 1 is 1.08 bits per heavy atom. The fourth-order valence-electron chi connectivity index (χ4n) is 0.842. The van der Waals surface area contributed by atoms with E-state index in [1.54, 1.807) is 21.5 Å². The van der Waals surface area contributed by atoms with E-state index < -0.39 is 0 Å². The highest BCUT2D eigenvalue weighted by Gasteiger charge is 2.07. The van der Waals surface area contributed by atoms with Gasteiger partial charge in [-0.15, -0.1) is 25.3 Å². The van der Waals surface area contributed by atoms with Gasteiger partial charge >= 0.3 is 0 Å². The van der Waals surface area contributed by atoms with Crippen molar-refractivity contribution in [2.45, 2.75) is 10.1 Å². The first-order valence-corrected chi connectivity index (χ1v) is 4.43. The van der Waals surface area contributed by atoms with Crippen molar-refractivity contribution in [2.24, 2.45) is 0 Å². The lowest BCUT2D eigenvalue weighted by atomic mass is 10.8. The van der Waals surface area contributed by atoms with Gasteiger partial charge in [-0.3, -0.25) is 9.13 Å². The normalized spacial score (nSPS) is 9.83. The molecule has 1 heterocycles. The summed E-state index contributed by atoms with van der Waals surface area (Å²) in [6.07, 6.45) is 3.18. The number of hydrogen-bond donors (Lipinski definition) is 2. The summed E-state index contributed by atoms with van der Waals surface area (Å²) in [7, 11) is 0. The van der Waals surface area contributed by atoms with Gasteiger partial charge in [0.15, 0.2) is 4.77 Å². The van der Waals surface area contributed by atoms with Crippen molar-refractivity contribution in [3.63, 3.8) is 0 Å². The summed E-state index contributed by atoms with van der Waals surface area (Å²) in [5.41, 5.74) is 0. The monoisotopic (exact) mass is 216 g/mol. The Morgan fingerprint density at radius 2 is 1.42 bits per heavy atom. The van der Waals surface area contributed by atoms with E-state index in [-0.39, 0.29) is 0 Å². The van der Waals surface area contributed by atoms with Crippen molar-refractivity contribution in [1.82, 2.24) is 9.13 Å². The molecule has 1 aromatic rings. The zero-order chi connectivity index (χ0) is 9.30. The highest BCUT2D eigenvalue weighted by atomic mass is 32.1. The molecular formula is C7H8N2S3. The second-order valence-corrected chi connectivity index (χ2v) is 3.25. The Kier molecular flexibility index (Phi) is 2.87. The zero-order valence-corrected chi connectivity index (χ0v) is 8.87. The van der Waals surface area contributed by atoms with Crippen molar-refractivity contribution in [1.29, 1.82) is 0 Å². The van der Waals surface area contributed by atoms with Gasteiger partial charge < -0.3 is 0 Å². The van der Waals surface area contributed by atoms with E-state index in [9.17, 15) is 0 Å². The molecule has 0 bridgehead atoms. The number of hydrogen-bond acceptors (Lipinski definition) is 3. The molecule has 12 heavy (non-hydrogen) atoms. The first-order chi connectivity index (χ1) is 5.63. The van der Waals surface area contributed by atoms with Gasteiger partial charge in [0.05, 0.1) is 0 Å². The van der Waals surface area contributed by atoms with Crippen LogP contribution < -0.4 is 0 Å². The molecule has 0 aromatic carbocycles. The Hall–Kier alpha value is -0.390. The van der Waals surface area contributed by atoms with Gasteiger partial charge in [0.2, 0.25) is 0 Å². The predicted octanol–water partition coefficient (Wildman–Crippen LogP) is 2.80. The van der Waals surface area contributed by atoms with Gasteiger partial charge in [-0.25, -0.2) is 0 Å². The lowest BCUT2D eigenvalue weighted by molar-refractivity contribution is 0.974. The summed E-state index contributed by atoms with van der Waals surface area (Å²) in [4.78, 5) is 0. The highest BCUT2D eigenvalue weighted by Crippen LogP contribution is 2.21. The molecule has 0 saturated heterocycles. The molecule has 5 heteroatoms. The minimum atomic E-state index is 0.565. The molecule has 0 saturated carbocycles. The third-order valence-electron chi connectivity index (χ3n) is 1.43. The summed E-state index contributed by atoms with van der Waals surface area (Å²) in [5, 5.41) is 1.33. The largest absolute Gasteiger partial charge is 0.286 e. The van der Waals surface area contributed by atoms with E-state index in [2.05, 4.69) is 38.4 Å². The lowest BCUT2D eigenvalue weighted by Crippen LogP contribution is -1.88. The van der Waals surface area contributed by atoms with Crippen LogP contribution >= 0.6 is 37.5 Å². The van der Waals surface area contributed by atoms with Crippen LogP contribution in [0.3, 0.4) is 0 Å². The van der Waals surface area contributed by atoms with Crippen LogP contribution in [0.15, 0.2) is 23.2 Å². The molecule has 0 aliphatic carbocycles. The number of aromatic nitrogens is 2. The minimum absolute atomic E-state index is 0.565. The first-order valence-electron chi connectivity index (χ1n) is 3.13. The maximum absolute atomic E-state index is 5.08. The molecule has 0 atom stereocenters. The quantitative estimate of drug-likeness (QED) is 0.571. The van der Waals surface area contributed by atoms with Gasteiger partial charge in [0.1, 0.15) is 10.1 Å². The van der Waals surface area contributed by atoms with Gasteiger partial charge in [0, 0.05) is 12.4 Å². The number of imidazole rings is 1. The molecule has 0 spiro atoms. The molecule has 0 unspecified atom stereocenters. The van der Waals surface area contributed by atoms with Crippen LogP contribution in [0.4, 0.5) is 0 Å². The van der Waals surface area contributed by atoms with E-state index in [0.29, 0.717) is 14.8 Å². The van der Waals surface area contributed by atoms with Crippen molar-refractivity contribution in [3.8, 4) is 0 Å². The van der Waals surface area contributed by atoms with Gasteiger partial charge in [-0.05, 0) is 12.2 Å². The van der Waals surface area contributed by atoms with Gasteiger partial charge in [0.25, 0.3) is 0 Å². The van der Waals surface area contributed by atoms with E-state index >= 15 is 0 Å². The minimum Gasteiger partial charge on any atom is -0.286 e. The summed E-state index contributed by atoms with van der Waals surface area (Å²) >= 11 is 13.5. The molecule has 0 aliphatic rings.